The number of fused-ring (bicyclic) bond motifs is 2. The van der Waals surface area contributed by atoms with Crippen LogP contribution >= 0.6 is 11.8 Å². The monoisotopic (exact) mass is 500 g/mol. The molecule has 0 radical (unpaired) electrons. The molecule has 1 aliphatic rings. The average molecular weight is 501 g/mol. The third-order valence-corrected chi connectivity index (χ3v) is 8.49. The summed E-state index contributed by atoms with van der Waals surface area (Å²) in [7, 11) is -3.58. The number of carbonyl (C=O) groups is 1. The second-order valence-electron chi connectivity index (χ2n) is 8.51. The minimum atomic E-state index is -3.58. The quantitative estimate of drug-likeness (QED) is 0.307. The lowest BCUT2D eigenvalue weighted by atomic mass is 10.2. The van der Waals surface area contributed by atoms with Crippen LogP contribution < -0.4 is 9.62 Å². The van der Waals surface area contributed by atoms with Crippen LogP contribution in [0.1, 0.15) is 45.1 Å². The molecule has 0 fully saturated rings. The fourth-order valence-electron chi connectivity index (χ4n) is 4.16. The summed E-state index contributed by atoms with van der Waals surface area (Å²) in [6.07, 6.45) is 4.55. The molecule has 4 rings (SSSR count). The van der Waals surface area contributed by atoms with Gasteiger partial charge in [-0.05, 0) is 49.1 Å². The second kappa shape index (κ2) is 10.9. The van der Waals surface area contributed by atoms with Crippen molar-refractivity contribution >= 4 is 44.4 Å². The van der Waals surface area contributed by atoms with Gasteiger partial charge in [0.25, 0.3) is 0 Å². The number of nitrogens with one attached hydrogen (secondary N) is 1. The Balaban J connectivity index is 1.56. The Kier molecular flexibility index (Phi) is 7.95. The van der Waals surface area contributed by atoms with Crippen LogP contribution in [-0.2, 0) is 27.8 Å². The topological polar surface area (TPSA) is 84.3 Å². The van der Waals surface area contributed by atoms with Gasteiger partial charge in [0.2, 0.25) is 15.9 Å². The number of carbonyl (C=O) groups excluding carboxylic acids is 1. The molecule has 0 atom stereocenters. The maximum atomic E-state index is 13.0. The number of aryl methyl sites for hydroxylation is 1. The van der Waals surface area contributed by atoms with Crippen LogP contribution in [0, 0.1) is 0 Å². The van der Waals surface area contributed by atoms with Crippen molar-refractivity contribution in [1.29, 1.82) is 0 Å². The first-order chi connectivity index (χ1) is 16.4. The Morgan fingerprint density at radius 3 is 2.71 bits per heavy atom. The summed E-state index contributed by atoms with van der Waals surface area (Å²) in [5.41, 5.74) is 3.73. The molecule has 9 heteroatoms. The molecule has 2 aromatic carbocycles. The number of sulfonamides is 1. The van der Waals surface area contributed by atoms with E-state index in [4.69, 9.17) is 4.98 Å². The van der Waals surface area contributed by atoms with E-state index in [9.17, 15) is 13.2 Å². The predicted molar refractivity (Wildman–Crippen MR) is 138 cm³/mol. The molecule has 1 aliphatic heterocycles. The van der Waals surface area contributed by atoms with Crippen LogP contribution in [0.4, 0.5) is 5.69 Å². The number of anilines is 1. The molecule has 3 aromatic rings. The summed E-state index contributed by atoms with van der Waals surface area (Å²) in [5.74, 6) is 0.348. The van der Waals surface area contributed by atoms with E-state index in [-0.39, 0.29) is 16.6 Å². The highest BCUT2D eigenvalue weighted by Gasteiger charge is 2.25. The highest BCUT2D eigenvalue weighted by Crippen LogP contribution is 2.30. The number of para-hydroxylation sites is 1. The predicted octanol–water partition coefficient (Wildman–Crippen LogP) is 4.60. The SMILES string of the molecule is CCCCNS(=O)(=O)c1ccc2nc(SCC(=O)N3CCc4ccccc43)n(CCCC)c2c1. The summed E-state index contributed by atoms with van der Waals surface area (Å²) in [5, 5.41) is 0.748. The van der Waals surface area contributed by atoms with E-state index in [1.807, 2.05) is 30.0 Å². The Morgan fingerprint density at radius 2 is 1.91 bits per heavy atom. The Bertz CT molecular complexity index is 1270. The smallest absolute Gasteiger partial charge is 0.240 e. The number of amides is 1. The van der Waals surface area contributed by atoms with Crippen molar-refractivity contribution in [2.45, 2.75) is 62.5 Å². The van der Waals surface area contributed by atoms with Crippen LogP contribution in [0.5, 0.6) is 0 Å². The summed E-state index contributed by atoms with van der Waals surface area (Å²) >= 11 is 1.42. The summed E-state index contributed by atoms with van der Waals surface area (Å²) in [4.78, 5) is 19.9. The molecule has 1 amide bonds. The Labute approximate surface area is 206 Å². The van der Waals surface area contributed by atoms with Gasteiger partial charge >= 0.3 is 0 Å². The van der Waals surface area contributed by atoms with Crippen molar-refractivity contribution in [2.75, 3.05) is 23.7 Å². The summed E-state index contributed by atoms with van der Waals surface area (Å²) < 4.78 is 30.2. The van der Waals surface area contributed by atoms with Crippen molar-refractivity contribution in [2.24, 2.45) is 0 Å². The van der Waals surface area contributed by atoms with Crippen LogP contribution in [0.15, 0.2) is 52.5 Å². The van der Waals surface area contributed by atoms with Gasteiger partial charge in [0, 0.05) is 25.3 Å². The van der Waals surface area contributed by atoms with E-state index in [1.54, 1.807) is 18.2 Å². The highest BCUT2D eigenvalue weighted by atomic mass is 32.2. The number of rotatable bonds is 11. The third-order valence-electron chi connectivity index (χ3n) is 6.07. The van der Waals surface area contributed by atoms with E-state index in [1.165, 1.54) is 17.3 Å². The van der Waals surface area contributed by atoms with Crippen LogP contribution in [0.25, 0.3) is 11.0 Å². The summed E-state index contributed by atoms with van der Waals surface area (Å²) in [6.45, 7) is 6.00. The number of thioether (sulfide) groups is 1. The zero-order chi connectivity index (χ0) is 24.1. The van der Waals surface area contributed by atoms with Gasteiger partial charge in [0.05, 0.1) is 21.7 Å². The van der Waals surface area contributed by atoms with Crippen LogP contribution in [0.3, 0.4) is 0 Å². The lowest BCUT2D eigenvalue weighted by molar-refractivity contribution is -0.116. The molecule has 0 saturated heterocycles. The van der Waals surface area contributed by atoms with Crippen LogP contribution in [0.2, 0.25) is 0 Å². The van der Waals surface area contributed by atoms with E-state index < -0.39 is 10.0 Å². The zero-order valence-corrected chi connectivity index (χ0v) is 21.4. The number of unbranched alkanes of at least 4 members (excludes halogenated alkanes) is 2. The van der Waals surface area contributed by atoms with E-state index in [0.717, 1.165) is 60.5 Å². The molecular weight excluding hydrogens is 468 g/mol. The molecule has 1 aromatic heterocycles. The number of aromatic nitrogens is 2. The van der Waals surface area contributed by atoms with Gasteiger partial charge in [0.15, 0.2) is 5.16 Å². The third kappa shape index (κ3) is 5.31. The number of hydrogen-bond acceptors (Lipinski definition) is 5. The molecule has 7 nitrogen and oxygen atoms in total. The number of benzene rings is 2. The average Bonchev–Trinajstić information content (AvgIpc) is 3.42. The Morgan fingerprint density at radius 1 is 1.12 bits per heavy atom. The van der Waals surface area contributed by atoms with Gasteiger partial charge in [-0.2, -0.15) is 0 Å². The van der Waals surface area contributed by atoms with Gasteiger partial charge in [-0.1, -0.05) is 56.7 Å². The van der Waals surface area contributed by atoms with Gasteiger partial charge in [-0.15, -0.1) is 0 Å². The molecule has 0 unspecified atom stereocenters. The molecule has 2 heterocycles. The maximum Gasteiger partial charge on any atom is 0.240 e. The van der Waals surface area contributed by atoms with Gasteiger partial charge in [0.1, 0.15) is 0 Å². The minimum absolute atomic E-state index is 0.0624. The first-order valence-corrected chi connectivity index (χ1v) is 14.4. The largest absolute Gasteiger partial charge is 0.319 e. The van der Waals surface area contributed by atoms with Crippen molar-refractivity contribution in [1.82, 2.24) is 14.3 Å². The Hall–Kier alpha value is -2.36. The highest BCUT2D eigenvalue weighted by molar-refractivity contribution is 7.99. The van der Waals surface area contributed by atoms with Crippen molar-refractivity contribution < 1.29 is 13.2 Å². The van der Waals surface area contributed by atoms with Crippen molar-refractivity contribution in [3.63, 3.8) is 0 Å². The first kappa shape index (κ1) is 24.8. The summed E-state index contributed by atoms with van der Waals surface area (Å²) in [6, 6.07) is 13.1. The fraction of sp³-hybridized carbons (Fsp3) is 0.440. The molecule has 0 spiro atoms. The molecule has 34 heavy (non-hydrogen) atoms. The molecule has 1 N–H and O–H groups in total. The number of hydrogen-bond donors (Lipinski definition) is 1. The first-order valence-electron chi connectivity index (χ1n) is 12.0. The van der Waals surface area contributed by atoms with Gasteiger partial charge in [-0.3, -0.25) is 4.79 Å². The van der Waals surface area contributed by atoms with E-state index in [2.05, 4.69) is 22.3 Å². The maximum absolute atomic E-state index is 13.0. The van der Waals surface area contributed by atoms with Gasteiger partial charge < -0.3 is 9.47 Å². The molecule has 0 saturated carbocycles. The minimum Gasteiger partial charge on any atom is -0.319 e. The number of nitrogens with zero attached hydrogens (tertiary/aromatic N) is 3. The molecule has 182 valence electrons. The standard InChI is InChI=1S/C25H32N4O3S2/c1-3-5-14-26-34(31,32)20-11-12-21-23(17-20)29(15-6-4-2)25(27-21)33-18-24(30)28-16-13-19-9-7-8-10-22(19)28/h7-12,17,26H,3-6,13-16,18H2,1-2H3. The molecule has 0 aliphatic carbocycles. The van der Waals surface area contributed by atoms with E-state index in [0.29, 0.717) is 13.1 Å². The number of imidazole rings is 1. The van der Waals surface area contributed by atoms with Crippen molar-refractivity contribution in [3.05, 3.63) is 48.0 Å². The fourth-order valence-corrected chi connectivity index (χ4v) is 6.17. The van der Waals surface area contributed by atoms with Gasteiger partial charge in [-0.25, -0.2) is 18.1 Å². The lowest BCUT2D eigenvalue weighted by Gasteiger charge is -2.17. The van der Waals surface area contributed by atoms with E-state index >= 15 is 0 Å². The normalized spacial score (nSPS) is 13.5. The zero-order valence-electron chi connectivity index (χ0n) is 19.8. The van der Waals surface area contributed by atoms with Crippen molar-refractivity contribution in [3.8, 4) is 0 Å². The second-order valence-corrected chi connectivity index (χ2v) is 11.2. The van der Waals surface area contributed by atoms with Crippen LogP contribution in [-0.4, -0.2) is 42.7 Å². The lowest BCUT2D eigenvalue weighted by Crippen LogP contribution is -2.30. The molecular formula is C25H32N4O3S2. The molecule has 0 bridgehead atoms.